The lowest BCUT2D eigenvalue weighted by Crippen LogP contribution is -2.10. The molecule has 0 fully saturated rings. The summed E-state index contributed by atoms with van der Waals surface area (Å²) in [6, 6.07) is 45.1. The molecule has 0 N–H and O–H groups in total. The molecule has 0 unspecified atom stereocenters. The molecule has 0 saturated carbocycles. The van der Waals surface area contributed by atoms with E-state index in [9.17, 15) is 0 Å². The van der Waals surface area contributed by atoms with Crippen LogP contribution in [0.15, 0.2) is 121 Å². The predicted molar refractivity (Wildman–Crippen MR) is 173 cm³/mol. The fraction of sp³-hybridized carbons (Fsp3) is 0.200. The zero-order valence-electron chi connectivity index (χ0n) is 24.5. The molecule has 0 bridgehead atoms. The standard InChI is InChI=1S/C40H38/c1-39(2,3)32-21-17-27(18-22-32)36-34-15-11-8-12-16-35(34)37(28-19-23-33(24-20-28)40(4,5)6)38(36)31-25-29-13-9-7-10-14-30(29)26-31/h7-26H,1-6H3. The topological polar surface area (TPSA) is 0 Å². The first-order valence-electron chi connectivity index (χ1n) is 14.4. The maximum absolute atomic E-state index is 2.36. The summed E-state index contributed by atoms with van der Waals surface area (Å²) >= 11 is 0. The van der Waals surface area contributed by atoms with Crippen molar-refractivity contribution in [3.8, 4) is 55.6 Å². The third-order valence-corrected chi connectivity index (χ3v) is 8.17. The lowest BCUT2D eigenvalue weighted by Gasteiger charge is -2.20. The summed E-state index contributed by atoms with van der Waals surface area (Å²) in [6.07, 6.45) is 0. The van der Waals surface area contributed by atoms with Crippen LogP contribution in [-0.2, 0) is 10.8 Å². The van der Waals surface area contributed by atoms with Gasteiger partial charge in [0.2, 0.25) is 0 Å². The van der Waals surface area contributed by atoms with Crippen LogP contribution < -0.4 is 0 Å². The van der Waals surface area contributed by atoms with Gasteiger partial charge < -0.3 is 0 Å². The third kappa shape index (κ3) is 4.73. The highest BCUT2D eigenvalue weighted by Gasteiger charge is 2.27. The van der Waals surface area contributed by atoms with Crippen molar-refractivity contribution >= 4 is 0 Å². The Morgan fingerprint density at radius 3 is 1.07 bits per heavy atom. The Balaban J connectivity index is 1.69. The Labute approximate surface area is 240 Å². The summed E-state index contributed by atoms with van der Waals surface area (Å²) in [4.78, 5) is 0. The van der Waals surface area contributed by atoms with E-state index in [2.05, 4.69) is 163 Å². The highest BCUT2D eigenvalue weighted by Crippen LogP contribution is 2.53. The van der Waals surface area contributed by atoms with Gasteiger partial charge in [-0.05, 0) is 89.7 Å². The molecule has 0 saturated heterocycles. The Morgan fingerprint density at radius 2 is 0.700 bits per heavy atom. The molecule has 4 aliphatic rings. The van der Waals surface area contributed by atoms with Crippen LogP contribution in [0.5, 0.6) is 0 Å². The number of rotatable bonds is 3. The van der Waals surface area contributed by atoms with E-state index in [1.165, 1.54) is 66.8 Å². The van der Waals surface area contributed by atoms with Crippen LogP contribution in [0, 0.1) is 0 Å². The second-order valence-electron chi connectivity index (χ2n) is 13.1. The molecule has 0 heteroatoms. The van der Waals surface area contributed by atoms with Crippen molar-refractivity contribution in [3.05, 3.63) is 132 Å². The molecule has 0 spiro atoms. The van der Waals surface area contributed by atoms with E-state index in [0.29, 0.717) is 0 Å². The average Bonchev–Trinajstić information content (AvgIpc) is 3.25. The van der Waals surface area contributed by atoms with Gasteiger partial charge in [-0.3, -0.25) is 0 Å². The first-order valence-corrected chi connectivity index (χ1v) is 14.4. The molecule has 2 aromatic rings. The monoisotopic (exact) mass is 518 g/mol. The van der Waals surface area contributed by atoms with Gasteiger partial charge >= 0.3 is 0 Å². The molecule has 198 valence electrons. The van der Waals surface area contributed by atoms with Crippen molar-refractivity contribution in [1.29, 1.82) is 0 Å². The summed E-state index contributed by atoms with van der Waals surface area (Å²) in [7, 11) is 0. The Bertz CT molecular complexity index is 1590. The summed E-state index contributed by atoms with van der Waals surface area (Å²) in [5.74, 6) is 0. The fourth-order valence-corrected chi connectivity index (χ4v) is 5.90. The van der Waals surface area contributed by atoms with Crippen LogP contribution in [-0.4, -0.2) is 0 Å². The van der Waals surface area contributed by atoms with Gasteiger partial charge in [0.1, 0.15) is 0 Å². The molecule has 0 radical (unpaired) electrons. The number of fused-ring (bicyclic) bond motifs is 2. The third-order valence-electron chi connectivity index (χ3n) is 8.17. The predicted octanol–water partition coefficient (Wildman–Crippen LogP) is 11.5. The SMILES string of the molecule is CC(C)(C)c1ccc(-c2c3cccccc-3c(-c3ccc(C(C)(C)C)cc3)c2-c2cc3cccccc-3c2)cc1. The van der Waals surface area contributed by atoms with Crippen LogP contribution in [0.25, 0.3) is 55.6 Å². The number of hydrogen-bond donors (Lipinski definition) is 0. The summed E-state index contributed by atoms with van der Waals surface area (Å²) in [6.45, 7) is 13.7. The van der Waals surface area contributed by atoms with E-state index in [-0.39, 0.29) is 10.8 Å². The maximum Gasteiger partial charge on any atom is -0.00139 e. The first kappa shape index (κ1) is 26.1. The Kier molecular flexibility index (Phi) is 6.38. The van der Waals surface area contributed by atoms with Gasteiger partial charge in [0.05, 0.1) is 0 Å². The van der Waals surface area contributed by atoms with Crippen molar-refractivity contribution in [2.45, 2.75) is 52.4 Å². The summed E-state index contributed by atoms with van der Waals surface area (Å²) in [5, 5.41) is 0. The highest BCUT2D eigenvalue weighted by atomic mass is 14.3. The normalized spacial score (nSPS) is 12.2. The average molecular weight is 519 g/mol. The van der Waals surface area contributed by atoms with E-state index in [1.807, 2.05) is 0 Å². The molecule has 0 aliphatic heterocycles. The van der Waals surface area contributed by atoms with E-state index in [1.54, 1.807) is 0 Å². The van der Waals surface area contributed by atoms with Crippen molar-refractivity contribution in [1.82, 2.24) is 0 Å². The van der Waals surface area contributed by atoms with Gasteiger partial charge in [0.15, 0.2) is 0 Å². The van der Waals surface area contributed by atoms with Crippen LogP contribution in [0.3, 0.4) is 0 Å². The Hall–Kier alpha value is -4.16. The van der Waals surface area contributed by atoms with Gasteiger partial charge in [-0.2, -0.15) is 0 Å². The molecule has 0 amide bonds. The van der Waals surface area contributed by atoms with Crippen LogP contribution in [0.1, 0.15) is 52.7 Å². The zero-order chi connectivity index (χ0) is 28.1. The van der Waals surface area contributed by atoms with Gasteiger partial charge in [0.25, 0.3) is 0 Å². The molecule has 0 nitrogen and oxygen atoms in total. The van der Waals surface area contributed by atoms with Crippen molar-refractivity contribution in [3.63, 3.8) is 0 Å². The molecule has 4 aliphatic carbocycles. The number of hydrogen-bond acceptors (Lipinski definition) is 0. The molecule has 40 heavy (non-hydrogen) atoms. The van der Waals surface area contributed by atoms with Crippen LogP contribution in [0.4, 0.5) is 0 Å². The van der Waals surface area contributed by atoms with Gasteiger partial charge in [-0.15, -0.1) is 0 Å². The van der Waals surface area contributed by atoms with Crippen LogP contribution >= 0.6 is 0 Å². The molecular formula is C40H38. The minimum Gasteiger partial charge on any atom is -0.0622 e. The zero-order valence-corrected chi connectivity index (χ0v) is 24.5. The lowest BCUT2D eigenvalue weighted by molar-refractivity contribution is 0.590. The molecular weight excluding hydrogens is 480 g/mol. The largest absolute Gasteiger partial charge is 0.0622 e. The van der Waals surface area contributed by atoms with Gasteiger partial charge in [-0.25, -0.2) is 0 Å². The molecule has 0 heterocycles. The fourth-order valence-electron chi connectivity index (χ4n) is 5.90. The molecule has 0 atom stereocenters. The van der Waals surface area contributed by atoms with E-state index in [4.69, 9.17) is 0 Å². The highest BCUT2D eigenvalue weighted by molar-refractivity contribution is 6.11. The summed E-state index contributed by atoms with van der Waals surface area (Å²) < 4.78 is 0. The molecule has 6 rings (SSSR count). The molecule has 2 aromatic carbocycles. The minimum atomic E-state index is 0.112. The minimum absolute atomic E-state index is 0.112. The van der Waals surface area contributed by atoms with E-state index < -0.39 is 0 Å². The molecule has 0 aromatic heterocycles. The lowest BCUT2D eigenvalue weighted by atomic mass is 9.85. The maximum atomic E-state index is 2.36. The Morgan fingerprint density at radius 1 is 0.325 bits per heavy atom. The summed E-state index contributed by atoms with van der Waals surface area (Å²) in [5.41, 5.74) is 15.7. The smallest absolute Gasteiger partial charge is 0.00139 e. The first-order chi connectivity index (χ1) is 19.1. The van der Waals surface area contributed by atoms with Gasteiger partial charge in [-0.1, -0.05) is 151 Å². The second kappa shape index (κ2) is 9.79. The quantitative estimate of drug-likeness (QED) is 0.218. The number of benzene rings is 2. The second-order valence-corrected chi connectivity index (χ2v) is 13.1. The van der Waals surface area contributed by atoms with E-state index in [0.717, 1.165) is 0 Å². The van der Waals surface area contributed by atoms with Crippen LogP contribution in [0.2, 0.25) is 0 Å². The van der Waals surface area contributed by atoms with Gasteiger partial charge in [0, 0.05) is 0 Å². The van der Waals surface area contributed by atoms with E-state index >= 15 is 0 Å². The van der Waals surface area contributed by atoms with Crippen molar-refractivity contribution in [2.24, 2.45) is 0 Å². The van der Waals surface area contributed by atoms with Crippen molar-refractivity contribution < 1.29 is 0 Å². The van der Waals surface area contributed by atoms with Crippen molar-refractivity contribution in [2.75, 3.05) is 0 Å².